The Labute approximate surface area is 135 Å². The van der Waals surface area contributed by atoms with Crippen molar-refractivity contribution in [2.24, 2.45) is 0 Å². The van der Waals surface area contributed by atoms with Gasteiger partial charge in [-0.05, 0) is 37.9 Å². The summed E-state index contributed by atoms with van der Waals surface area (Å²) in [5.74, 6) is 0.625. The molecule has 1 saturated heterocycles. The zero-order valence-electron chi connectivity index (χ0n) is 13.1. The second-order valence-corrected chi connectivity index (χ2v) is 6.14. The number of pyridine rings is 1. The molecule has 6 heteroatoms. The topological polar surface area (TPSA) is 82.4 Å². The van der Waals surface area contributed by atoms with Crippen molar-refractivity contribution in [1.82, 2.24) is 19.9 Å². The average molecular weight is 314 g/mol. The van der Waals surface area contributed by atoms with Crippen LogP contribution in [0.5, 0.6) is 0 Å². The van der Waals surface area contributed by atoms with Crippen LogP contribution in [0.1, 0.15) is 24.8 Å². The summed E-state index contributed by atoms with van der Waals surface area (Å²) in [6.07, 6.45) is 7.52. The third-order valence-electron chi connectivity index (χ3n) is 4.31. The molecule has 0 saturated carbocycles. The van der Waals surface area contributed by atoms with E-state index in [9.17, 15) is 10.2 Å². The number of nitrogens with zero attached hydrogens (tertiary/aromatic N) is 4. The molecule has 6 nitrogen and oxygen atoms in total. The predicted octanol–water partition coefficient (Wildman–Crippen LogP) is 1.25. The molecule has 2 N–H and O–H groups in total. The summed E-state index contributed by atoms with van der Waals surface area (Å²) < 4.78 is 0. The highest BCUT2D eigenvalue weighted by atomic mass is 16.3. The lowest BCUT2D eigenvalue weighted by atomic mass is 9.96. The molecule has 2 aromatic rings. The van der Waals surface area contributed by atoms with Crippen LogP contribution >= 0.6 is 0 Å². The Balaban J connectivity index is 1.62. The lowest BCUT2D eigenvalue weighted by molar-refractivity contribution is -0.0255. The number of aliphatic hydroxyl groups is 2. The van der Waals surface area contributed by atoms with Gasteiger partial charge in [-0.1, -0.05) is 6.07 Å². The molecule has 1 unspecified atom stereocenters. The van der Waals surface area contributed by atoms with E-state index < -0.39 is 5.60 Å². The Hall–Kier alpha value is -1.89. The number of hydrogen-bond acceptors (Lipinski definition) is 6. The highest BCUT2D eigenvalue weighted by molar-refractivity contribution is 5.47. The Kier molecular flexibility index (Phi) is 4.95. The lowest BCUT2D eigenvalue weighted by Gasteiger charge is -2.24. The number of hydrogen-bond donors (Lipinski definition) is 2. The van der Waals surface area contributed by atoms with Gasteiger partial charge >= 0.3 is 0 Å². The first kappa shape index (κ1) is 16.0. The third kappa shape index (κ3) is 4.10. The van der Waals surface area contributed by atoms with E-state index in [2.05, 4.69) is 19.9 Å². The van der Waals surface area contributed by atoms with Crippen LogP contribution in [0.4, 0.5) is 0 Å². The zero-order chi connectivity index (χ0) is 16.1. The van der Waals surface area contributed by atoms with Gasteiger partial charge in [0.15, 0.2) is 5.82 Å². The molecule has 1 atom stereocenters. The minimum absolute atomic E-state index is 0.164. The van der Waals surface area contributed by atoms with Crippen molar-refractivity contribution in [3.63, 3.8) is 0 Å². The van der Waals surface area contributed by atoms with Gasteiger partial charge < -0.3 is 10.2 Å². The molecule has 0 aromatic carbocycles. The largest absolute Gasteiger partial charge is 0.393 e. The van der Waals surface area contributed by atoms with Gasteiger partial charge in [0.25, 0.3) is 0 Å². The van der Waals surface area contributed by atoms with E-state index >= 15 is 0 Å². The lowest BCUT2D eigenvalue weighted by Crippen LogP contribution is -2.34. The van der Waals surface area contributed by atoms with Gasteiger partial charge in [0.05, 0.1) is 12.2 Å². The average Bonchev–Trinajstić information content (AvgIpc) is 2.79. The van der Waals surface area contributed by atoms with Crippen LogP contribution < -0.4 is 0 Å². The van der Waals surface area contributed by atoms with Crippen LogP contribution in [-0.4, -0.2) is 55.4 Å². The molecule has 23 heavy (non-hydrogen) atoms. The SMILES string of the molecule is OCC1(O)CCCN(Cc2cnc(-c3ccccn3)nc2)CC1. The first-order valence-corrected chi connectivity index (χ1v) is 7.96. The molecular weight excluding hydrogens is 292 g/mol. The third-order valence-corrected chi connectivity index (χ3v) is 4.31. The first-order valence-electron chi connectivity index (χ1n) is 7.96. The van der Waals surface area contributed by atoms with Crippen molar-refractivity contribution in [2.45, 2.75) is 31.4 Å². The molecular formula is C17H22N4O2. The first-order chi connectivity index (χ1) is 11.2. The van der Waals surface area contributed by atoms with Crippen molar-refractivity contribution in [3.05, 3.63) is 42.4 Å². The van der Waals surface area contributed by atoms with Crippen molar-refractivity contribution < 1.29 is 10.2 Å². The highest BCUT2D eigenvalue weighted by Crippen LogP contribution is 2.22. The molecule has 0 radical (unpaired) electrons. The standard InChI is InChI=1S/C17H22N4O2/c22-13-17(23)5-3-8-21(9-6-17)12-14-10-19-16(20-11-14)15-4-1-2-7-18-15/h1-2,4,7,10-11,22-23H,3,5-6,8-9,12-13H2. The van der Waals surface area contributed by atoms with E-state index in [1.807, 2.05) is 30.6 Å². The Morgan fingerprint density at radius 2 is 1.91 bits per heavy atom. The van der Waals surface area contributed by atoms with Gasteiger partial charge in [-0.2, -0.15) is 0 Å². The molecule has 2 aromatic heterocycles. The maximum absolute atomic E-state index is 10.2. The summed E-state index contributed by atoms with van der Waals surface area (Å²) in [6.45, 7) is 2.26. The van der Waals surface area contributed by atoms with Crippen LogP contribution in [0.3, 0.4) is 0 Å². The van der Waals surface area contributed by atoms with E-state index in [1.54, 1.807) is 6.20 Å². The summed E-state index contributed by atoms with van der Waals surface area (Å²) in [5, 5.41) is 19.5. The van der Waals surface area contributed by atoms with E-state index in [1.165, 1.54) is 0 Å². The predicted molar refractivity (Wildman–Crippen MR) is 86.4 cm³/mol. The summed E-state index contributed by atoms with van der Waals surface area (Å²) in [5.41, 5.74) is 0.884. The molecule has 0 spiro atoms. The fourth-order valence-electron chi connectivity index (χ4n) is 2.87. The van der Waals surface area contributed by atoms with Crippen LogP contribution in [0, 0.1) is 0 Å². The number of aromatic nitrogens is 3. The van der Waals surface area contributed by atoms with Gasteiger partial charge in [0.2, 0.25) is 0 Å². The van der Waals surface area contributed by atoms with Crippen molar-refractivity contribution in [1.29, 1.82) is 0 Å². The molecule has 0 aliphatic carbocycles. The van der Waals surface area contributed by atoms with Gasteiger partial charge in [0.1, 0.15) is 5.69 Å². The number of rotatable bonds is 4. The smallest absolute Gasteiger partial charge is 0.178 e. The maximum Gasteiger partial charge on any atom is 0.178 e. The van der Waals surface area contributed by atoms with Gasteiger partial charge in [-0.15, -0.1) is 0 Å². The van der Waals surface area contributed by atoms with E-state index in [4.69, 9.17) is 0 Å². The van der Waals surface area contributed by atoms with E-state index in [-0.39, 0.29) is 6.61 Å². The molecule has 1 fully saturated rings. The summed E-state index contributed by atoms with van der Waals surface area (Å²) >= 11 is 0. The molecule has 3 rings (SSSR count). The van der Waals surface area contributed by atoms with Crippen molar-refractivity contribution >= 4 is 0 Å². The second-order valence-electron chi connectivity index (χ2n) is 6.14. The zero-order valence-corrected chi connectivity index (χ0v) is 13.1. The van der Waals surface area contributed by atoms with E-state index in [0.29, 0.717) is 18.7 Å². The number of aliphatic hydroxyl groups excluding tert-OH is 1. The monoisotopic (exact) mass is 314 g/mol. The van der Waals surface area contributed by atoms with E-state index in [0.717, 1.165) is 37.3 Å². The molecule has 0 bridgehead atoms. The normalized spacial score (nSPS) is 22.7. The Morgan fingerprint density at radius 3 is 2.61 bits per heavy atom. The van der Waals surface area contributed by atoms with Crippen molar-refractivity contribution in [2.75, 3.05) is 19.7 Å². The molecule has 1 aliphatic heterocycles. The second kappa shape index (κ2) is 7.12. The van der Waals surface area contributed by atoms with Gasteiger partial charge in [-0.25, -0.2) is 9.97 Å². The fourth-order valence-corrected chi connectivity index (χ4v) is 2.87. The fraction of sp³-hybridized carbons (Fsp3) is 0.471. The number of likely N-dealkylation sites (tertiary alicyclic amines) is 1. The molecule has 122 valence electrons. The Bertz CT molecular complexity index is 620. The molecule has 0 amide bonds. The summed E-state index contributed by atoms with van der Waals surface area (Å²) in [7, 11) is 0. The minimum atomic E-state index is -0.923. The molecule has 1 aliphatic rings. The van der Waals surface area contributed by atoms with Gasteiger partial charge in [-0.3, -0.25) is 9.88 Å². The van der Waals surface area contributed by atoms with Crippen molar-refractivity contribution in [3.8, 4) is 11.5 Å². The van der Waals surface area contributed by atoms with Crippen LogP contribution in [0.15, 0.2) is 36.8 Å². The quantitative estimate of drug-likeness (QED) is 0.884. The molecule has 3 heterocycles. The van der Waals surface area contributed by atoms with Gasteiger partial charge in [0, 0.05) is 37.2 Å². The summed E-state index contributed by atoms with van der Waals surface area (Å²) in [4.78, 5) is 15.3. The van der Waals surface area contributed by atoms with Crippen LogP contribution in [0.2, 0.25) is 0 Å². The van der Waals surface area contributed by atoms with Crippen LogP contribution in [0.25, 0.3) is 11.5 Å². The highest BCUT2D eigenvalue weighted by Gasteiger charge is 2.29. The Morgan fingerprint density at radius 1 is 1.09 bits per heavy atom. The maximum atomic E-state index is 10.2. The minimum Gasteiger partial charge on any atom is -0.393 e. The summed E-state index contributed by atoms with van der Waals surface area (Å²) in [6, 6.07) is 5.67. The van der Waals surface area contributed by atoms with Crippen LogP contribution in [-0.2, 0) is 6.54 Å².